The number of rotatable bonds is 6. The van der Waals surface area contributed by atoms with E-state index in [-0.39, 0.29) is 17.5 Å². The van der Waals surface area contributed by atoms with Crippen LogP contribution in [0.2, 0.25) is 0 Å². The van der Waals surface area contributed by atoms with Crippen molar-refractivity contribution in [3.63, 3.8) is 0 Å². The molecule has 2 aromatic rings. The van der Waals surface area contributed by atoms with Gasteiger partial charge in [-0.2, -0.15) is 0 Å². The Morgan fingerprint density at radius 3 is 2.85 bits per heavy atom. The third-order valence-electron chi connectivity index (χ3n) is 2.88. The van der Waals surface area contributed by atoms with Gasteiger partial charge in [0.05, 0.1) is 18.3 Å². The van der Waals surface area contributed by atoms with Crippen molar-refractivity contribution in [1.82, 2.24) is 0 Å². The van der Waals surface area contributed by atoms with Crippen molar-refractivity contribution in [3.05, 3.63) is 52.5 Å². The molecule has 0 spiro atoms. The largest absolute Gasteiger partial charge is 0.490 e. The number of nitro benzene ring substituents is 1. The van der Waals surface area contributed by atoms with Crippen LogP contribution in [0.4, 0.5) is 11.4 Å². The first-order valence-electron chi connectivity index (χ1n) is 6.21. The predicted molar refractivity (Wildman–Crippen MR) is 75.1 cm³/mol. The second-order valence-electron chi connectivity index (χ2n) is 4.47. The number of hydrogen-bond donors (Lipinski definition) is 1. The van der Waals surface area contributed by atoms with E-state index in [1.54, 1.807) is 18.4 Å². The maximum absolute atomic E-state index is 10.8. The molecule has 6 nitrogen and oxygen atoms in total. The number of methoxy groups -OCH3 is 1. The SMILES string of the molecule is COc1cc(NC(C)Cc2ccco2)ccc1[N+](=O)[O-]. The molecule has 0 saturated heterocycles. The highest BCUT2D eigenvalue weighted by Gasteiger charge is 2.15. The summed E-state index contributed by atoms with van der Waals surface area (Å²) in [5, 5.41) is 14.1. The van der Waals surface area contributed by atoms with Crippen LogP contribution in [0.3, 0.4) is 0 Å². The van der Waals surface area contributed by atoms with Crippen LogP contribution in [0.5, 0.6) is 5.75 Å². The molecule has 0 aliphatic carbocycles. The highest BCUT2D eigenvalue weighted by Crippen LogP contribution is 2.30. The molecule has 0 saturated carbocycles. The molecule has 1 aromatic heterocycles. The Morgan fingerprint density at radius 1 is 1.45 bits per heavy atom. The lowest BCUT2D eigenvalue weighted by atomic mass is 10.1. The molecule has 6 heteroatoms. The summed E-state index contributed by atoms with van der Waals surface area (Å²) in [5.41, 5.74) is 0.725. The number of furan rings is 1. The lowest BCUT2D eigenvalue weighted by molar-refractivity contribution is -0.385. The van der Waals surface area contributed by atoms with Crippen molar-refractivity contribution in [2.24, 2.45) is 0 Å². The van der Waals surface area contributed by atoms with Gasteiger partial charge in [0.1, 0.15) is 5.76 Å². The first-order valence-corrected chi connectivity index (χ1v) is 6.21. The molecule has 1 aromatic carbocycles. The van der Waals surface area contributed by atoms with Crippen molar-refractivity contribution in [2.75, 3.05) is 12.4 Å². The third kappa shape index (κ3) is 3.28. The van der Waals surface area contributed by atoms with E-state index in [0.717, 1.165) is 17.9 Å². The van der Waals surface area contributed by atoms with Crippen LogP contribution in [0.15, 0.2) is 41.0 Å². The van der Waals surface area contributed by atoms with E-state index < -0.39 is 4.92 Å². The molecular formula is C14H16N2O4. The lowest BCUT2D eigenvalue weighted by Gasteiger charge is -2.14. The fourth-order valence-corrected chi connectivity index (χ4v) is 1.98. The average molecular weight is 276 g/mol. The maximum atomic E-state index is 10.8. The van der Waals surface area contributed by atoms with Crippen molar-refractivity contribution in [3.8, 4) is 5.75 Å². The van der Waals surface area contributed by atoms with Crippen molar-refractivity contribution in [2.45, 2.75) is 19.4 Å². The fraction of sp³-hybridized carbons (Fsp3) is 0.286. The van der Waals surface area contributed by atoms with Gasteiger partial charge in [0.15, 0.2) is 5.75 Å². The molecule has 0 bridgehead atoms. The smallest absolute Gasteiger partial charge is 0.311 e. The molecule has 106 valence electrons. The van der Waals surface area contributed by atoms with Gasteiger partial charge in [0.2, 0.25) is 0 Å². The van der Waals surface area contributed by atoms with Crippen LogP contribution < -0.4 is 10.1 Å². The Morgan fingerprint density at radius 2 is 2.25 bits per heavy atom. The maximum Gasteiger partial charge on any atom is 0.311 e. The first kappa shape index (κ1) is 13.9. The van der Waals surface area contributed by atoms with Gasteiger partial charge in [0, 0.05) is 30.3 Å². The van der Waals surface area contributed by atoms with Crippen LogP contribution in [0.25, 0.3) is 0 Å². The zero-order valence-electron chi connectivity index (χ0n) is 11.3. The molecule has 1 atom stereocenters. The molecule has 0 fully saturated rings. The van der Waals surface area contributed by atoms with Crippen LogP contribution >= 0.6 is 0 Å². The van der Waals surface area contributed by atoms with Gasteiger partial charge in [-0.15, -0.1) is 0 Å². The minimum absolute atomic E-state index is 0.0447. The Labute approximate surface area is 116 Å². The Kier molecular flexibility index (Phi) is 4.24. The summed E-state index contributed by atoms with van der Waals surface area (Å²) < 4.78 is 10.3. The molecule has 0 aliphatic rings. The quantitative estimate of drug-likeness (QED) is 0.647. The zero-order chi connectivity index (χ0) is 14.5. The third-order valence-corrected chi connectivity index (χ3v) is 2.88. The van der Waals surface area contributed by atoms with Gasteiger partial charge in [-0.05, 0) is 25.1 Å². The number of benzene rings is 1. The fourth-order valence-electron chi connectivity index (χ4n) is 1.98. The highest BCUT2D eigenvalue weighted by atomic mass is 16.6. The lowest BCUT2D eigenvalue weighted by Crippen LogP contribution is -2.17. The molecule has 0 radical (unpaired) electrons. The van der Waals surface area contributed by atoms with E-state index >= 15 is 0 Å². The van der Waals surface area contributed by atoms with Crippen molar-refractivity contribution < 1.29 is 14.1 Å². The second-order valence-corrected chi connectivity index (χ2v) is 4.47. The average Bonchev–Trinajstić information content (AvgIpc) is 2.90. The highest BCUT2D eigenvalue weighted by molar-refractivity contribution is 5.58. The van der Waals surface area contributed by atoms with Crippen molar-refractivity contribution in [1.29, 1.82) is 0 Å². The summed E-state index contributed by atoms with van der Waals surface area (Å²) in [6.07, 6.45) is 2.36. The Balaban J connectivity index is 2.07. The summed E-state index contributed by atoms with van der Waals surface area (Å²) in [6, 6.07) is 8.61. The van der Waals surface area contributed by atoms with Crippen LogP contribution in [0, 0.1) is 10.1 Å². The van der Waals surface area contributed by atoms with Crippen LogP contribution in [-0.4, -0.2) is 18.1 Å². The molecule has 1 unspecified atom stereocenters. The number of anilines is 1. The first-order chi connectivity index (χ1) is 9.60. The van der Waals surface area contributed by atoms with Gasteiger partial charge >= 0.3 is 5.69 Å². The Hall–Kier alpha value is -2.50. The van der Waals surface area contributed by atoms with E-state index in [4.69, 9.17) is 9.15 Å². The molecular weight excluding hydrogens is 260 g/mol. The number of hydrogen-bond acceptors (Lipinski definition) is 5. The molecule has 1 heterocycles. The second kappa shape index (κ2) is 6.10. The van der Waals surface area contributed by atoms with Gasteiger partial charge in [-0.25, -0.2) is 0 Å². The van der Waals surface area contributed by atoms with E-state index in [9.17, 15) is 10.1 Å². The molecule has 0 amide bonds. The van der Waals surface area contributed by atoms with Crippen LogP contribution in [-0.2, 0) is 6.42 Å². The monoisotopic (exact) mass is 276 g/mol. The summed E-state index contributed by atoms with van der Waals surface area (Å²) in [4.78, 5) is 10.4. The number of nitro groups is 1. The van der Waals surface area contributed by atoms with E-state index in [0.29, 0.717) is 0 Å². The van der Waals surface area contributed by atoms with Gasteiger partial charge < -0.3 is 14.5 Å². The van der Waals surface area contributed by atoms with Crippen molar-refractivity contribution >= 4 is 11.4 Å². The van der Waals surface area contributed by atoms with Crippen LogP contribution in [0.1, 0.15) is 12.7 Å². The summed E-state index contributed by atoms with van der Waals surface area (Å²) in [7, 11) is 1.42. The standard InChI is InChI=1S/C14H16N2O4/c1-10(8-12-4-3-7-20-12)15-11-5-6-13(16(17)18)14(9-11)19-2/h3-7,9-10,15H,8H2,1-2H3. The minimum atomic E-state index is -0.463. The van der Waals surface area contributed by atoms with Gasteiger partial charge in [-0.1, -0.05) is 0 Å². The normalized spacial score (nSPS) is 11.9. The minimum Gasteiger partial charge on any atom is -0.490 e. The van der Waals surface area contributed by atoms with E-state index in [2.05, 4.69) is 5.32 Å². The molecule has 2 rings (SSSR count). The molecule has 20 heavy (non-hydrogen) atoms. The molecule has 0 aliphatic heterocycles. The predicted octanol–water partition coefficient (Wildman–Crippen LogP) is 3.24. The number of nitrogens with zero attached hydrogens (tertiary/aromatic N) is 1. The van der Waals surface area contributed by atoms with Gasteiger partial charge in [-0.3, -0.25) is 10.1 Å². The molecule has 1 N–H and O–H groups in total. The zero-order valence-corrected chi connectivity index (χ0v) is 11.3. The summed E-state index contributed by atoms with van der Waals surface area (Å²) in [6.45, 7) is 2.01. The number of nitrogens with one attached hydrogen (secondary N) is 1. The topological polar surface area (TPSA) is 77.5 Å². The van der Waals surface area contributed by atoms with E-state index in [1.807, 2.05) is 19.1 Å². The Bertz CT molecular complexity index is 581. The van der Waals surface area contributed by atoms with Gasteiger partial charge in [0.25, 0.3) is 0 Å². The summed E-state index contributed by atoms with van der Waals surface area (Å²) >= 11 is 0. The summed E-state index contributed by atoms with van der Waals surface area (Å²) in [5.74, 6) is 1.13. The number of ether oxygens (including phenoxy) is 1. The van der Waals surface area contributed by atoms with E-state index in [1.165, 1.54) is 13.2 Å².